The van der Waals surface area contributed by atoms with E-state index in [9.17, 15) is 19.8 Å². The van der Waals surface area contributed by atoms with Crippen LogP contribution in [0.25, 0.3) is 0 Å². The molecule has 0 unspecified atom stereocenters. The van der Waals surface area contributed by atoms with Gasteiger partial charge in [0.15, 0.2) is 0 Å². The maximum Gasteiger partial charge on any atom is 0.136 e. The molecule has 2 rings (SSSR count). The molecule has 0 heterocycles. The third kappa shape index (κ3) is 2.71. The summed E-state index contributed by atoms with van der Waals surface area (Å²) in [4.78, 5) is 21.8. The zero-order valence-corrected chi connectivity index (χ0v) is 9.66. The highest BCUT2D eigenvalue weighted by molar-refractivity contribution is 5.91. The number of ether oxygens (including phenoxy) is 1. The van der Waals surface area contributed by atoms with Crippen LogP contribution in [0.15, 0.2) is 48.5 Å². The highest BCUT2D eigenvalue weighted by Crippen LogP contribution is 2.27. The van der Waals surface area contributed by atoms with Gasteiger partial charge < -0.3 is 24.5 Å². The second kappa shape index (κ2) is 5.22. The molecule has 0 saturated heterocycles. The fourth-order valence-corrected chi connectivity index (χ4v) is 1.57. The Balaban J connectivity index is 2.42. The maximum atomic E-state index is 10.9. The molecule has 0 aliphatic rings. The van der Waals surface area contributed by atoms with Gasteiger partial charge in [-0.3, -0.25) is 0 Å². The van der Waals surface area contributed by atoms with Crippen LogP contribution in [-0.2, 0) is 0 Å². The summed E-state index contributed by atoms with van der Waals surface area (Å²) in [6, 6.07) is 11.6. The Morgan fingerprint density at radius 3 is 1.47 bits per heavy atom. The summed E-state index contributed by atoms with van der Waals surface area (Å²) in [5, 5.41) is 21.8. The van der Waals surface area contributed by atoms with E-state index in [4.69, 9.17) is 4.74 Å². The molecule has 2 aromatic rings. The minimum Gasteiger partial charge on any atom is -0.545 e. The van der Waals surface area contributed by atoms with Crippen LogP contribution in [0.5, 0.6) is 11.5 Å². The smallest absolute Gasteiger partial charge is 0.136 e. The van der Waals surface area contributed by atoms with Crippen LogP contribution < -0.4 is 14.9 Å². The molecular formula is C14H8O5-2. The van der Waals surface area contributed by atoms with Gasteiger partial charge in [0.25, 0.3) is 0 Å². The zero-order valence-electron chi connectivity index (χ0n) is 9.66. The van der Waals surface area contributed by atoms with Gasteiger partial charge in [0.1, 0.15) is 11.5 Å². The van der Waals surface area contributed by atoms with Crippen molar-refractivity contribution in [1.29, 1.82) is 0 Å². The van der Waals surface area contributed by atoms with Gasteiger partial charge in [-0.15, -0.1) is 0 Å². The number of carboxylic acid groups (broad SMARTS) is 2. The number of para-hydroxylation sites is 2. The first-order valence-electron chi connectivity index (χ1n) is 5.38. The Morgan fingerprint density at radius 2 is 1.11 bits per heavy atom. The fraction of sp³-hybridized carbons (Fsp3) is 0. The van der Waals surface area contributed by atoms with E-state index in [0.29, 0.717) is 0 Å². The average molecular weight is 256 g/mol. The lowest BCUT2D eigenvalue weighted by Crippen LogP contribution is -2.24. The summed E-state index contributed by atoms with van der Waals surface area (Å²) < 4.78 is 5.32. The lowest BCUT2D eigenvalue weighted by Gasteiger charge is -2.14. The minimum absolute atomic E-state index is 0.0104. The predicted molar refractivity (Wildman–Crippen MR) is 61.6 cm³/mol. The third-order valence-electron chi connectivity index (χ3n) is 2.43. The first-order chi connectivity index (χ1) is 9.09. The van der Waals surface area contributed by atoms with Crippen LogP contribution in [-0.4, -0.2) is 11.9 Å². The second-order valence-electron chi connectivity index (χ2n) is 3.67. The van der Waals surface area contributed by atoms with Crippen LogP contribution in [0.1, 0.15) is 20.7 Å². The van der Waals surface area contributed by atoms with E-state index in [0.717, 1.165) is 0 Å². The topological polar surface area (TPSA) is 89.5 Å². The Hall–Kier alpha value is -2.82. The molecule has 0 amide bonds. The van der Waals surface area contributed by atoms with Gasteiger partial charge in [0, 0.05) is 11.1 Å². The molecule has 0 atom stereocenters. The summed E-state index contributed by atoms with van der Waals surface area (Å²) in [5.74, 6) is -2.78. The van der Waals surface area contributed by atoms with E-state index in [2.05, 4.69) is 0 Å². The van der Waals surface area contributed by atoms with Crippen molar-refractivity contribution in [3.63, 3.8) is 0 Å². The van der Waals surface area contributed by atoms with Gasteiger partial charge in [-0.25, -0.2) is 0 Å². The molecule has 19 heavy (non-hydrogen) atoms. The molecule has 5 heteroatoms. The van der Waals surface area contributed by atoms with Crippen molar-refractivity contribution < 1.29 is 24.5 Å². The molecule has 96 valence electrons. The number of carboxylic acids is 2. The molecule has 0 spiro atoms. The third-order valence-corrected chi connectivity index (χ3v) is 2.43. The van der Waals surface area contributed by atoms with Crippen molar-refractivity contribution in [3.8, 4) is 11.5 Å². The van der Waals surface area contributed by atoms with Crippen LogP contribution in [0.3, 0.4) is 0 Å². The predicted octanol–water partition coefficient (Wildman–Crippen LogP) is 0.206. The van der Waals surface area contributed by atoms with Crippen molar-refractivity contribution >= 4 is 11.9 Å². The van der Waals surface area contributed by atoms with Crippen molar-refractivity contribution in [3.05, 3.63) is 59.7 Å². The Labute approximate surface area is 108 Å². The first-order valence-corrected chi connectivity index (χ1v) is 5.38. The van der Waals surface area contributed by atoms with Gasteiger partial charge in [0.05, 0.1) is 11.9 Å². The van der Waals surface area contributed by atoms with Crippen molar-refractivity contribution in [2.75, 3.05) is 0 Å². The van der Waals surface area contributed by atoms with Crippen LogP contribution in [0.4, 0.5) is 0 Å². The Morgan fingerprint density at radius 1 is 0.737 bits per heavy atom. The monoisotopic (exact) mass is 256 g/mol. The lowest BCUT2D eigenvalue weighted by molar-refractivity contribution is -0.256. The number of carbonyl (C=O) groups excluding carboxylic acids is 2. The first kappa shape index (κ1) is 12.6. The normalized spacial score (nSPS) is 9.89. The molecule has 0 aliphatic carbocycles. The molecule has 0 radical (unpaired) electrons. The molecule has 0 fully saturated rings. The number of aromatic carboxylic acids is 2. The van der Waals surface area contributed by atoms with Gasteiger partial charge >= 0.3 is 0 Å². The van der Waals surface area contributed by atoms with Gasteiger partial charge in [-0.05, 0) is 24.3 Å². The van der Waals surface area contributed by atoms with Gasteiger partial charge in [-0.2, -0.15) is 0 Å². The van der Waals surface area contributed by atoms with E-state index in [-0.39, 0.29) is 22.6 Å². The maximum absolute atomic E-state index is 10.9. The lowest BCUT2D eigenvalue weighted by atomic mass is 10.2. The minimum atomic E-state index is -1.40. The molecular weight excluding hydrogens is 248 g/mol. The standard InChI is InChI=1S/C14H10O5/c15-13(16)9-5-1-3-7-11(9)19-12-8-4-2-6-10(12)14(17)18/h1-8H,(H,15,16)(H,17,18)/p-2. The summed E-state index contributed by atoms with van der Waals surface area (Å²) in [6.45, 7) is 0. The molecule has 0 bridgehead atoms. The molecule has 5 nitrogen and oxygen atoms in total. The second-order valence-corrected chi connectivity index (χ2v) is 3.67. The number of rotatable bonds is 4. The number of benzene rings is 2. The molecule has 0 saturated carbocycles. The van der Waals surface area contributed by atoms with Crippen LogP contribution in [0.2, 0.25) is 0 Å². The van der Waals surface area contributed by atoms with Gasteiger partial charge in [-0.1, -0.05) is 24.3 Å². The van der Waals surface area contributed by atoms with Crippen molar-refractivity contribution in [2.24, 2.45) is 0 Å². The molecule has 0 aliphatic heterocycles. The number of hydrogen-bond donors (Lipinski definition) is 0. The van der Waals surface area contributed by atoms with E-state index >= 15 is 0 Å². The van der Waals surface area contributed by atoms with E-state index in [1.165, 1.54) is 36.4 Å². The van der Waals surface area contributed by atoms with E-state index in [1.54, 1.807) is 12.1 Å². The highest BCUT2D eigenvalue weighted by Gasteiger charge is 2.08. The largest absolute Gasteiger partial charge is 0.545 e. The van der Waals surface area contributed by atoms with Crippen LogP contribution >= 0.6 is 0 Å². The number of hydrogen-bond acceptors (Lipinski definition) is 5. The van der Waals surface area contributed by atoms with Crippen molar-refractivity contribution in [2.45, 2.75) is 0 Å². The van der Waals surface area contributed by atoms with Crippen LogP contribution in [0, 0.1) is 0 Å². The zero-order chi connectivity index (χ0) is 13.8. The molecule has 0 aromatic heterocycles. The van der Waals surface area contributed by atoms with Gasteiger partial charge in [0.2, 0.25) is 0 Å². The molecule has 2 aromatic carbocycles. The summed E-state index contributed by atoms with van der Waals surface area (Å²) in [6.07, 6.45) is 0. The SMILES string of the molecule is O=C([O-])c1ccccc1Oc1ccccc1C(=O)[O-]. The highest BCUT2D eigenvalue weighted by atomic mass is 16.5. The Kier molecular flexibility index (Phi) is 3.47. The summed E-state index contributed by atoms with van der Waals surface area (Å²) in [7, 11) is 0. The van der Waals surface area contributed by atoms with E-state index in [1.807, 2.05) is 0 Å². The average Bonchev–Trinajstić information content (AvgIpc) is 2.39. The van der Waals surface area contributed by atoms with Crippen molar-refractivity contribution in [1.82, 2.24) is 0 Å². The quantitative estimate of drug-likeness (QED) is 0.779. The Bertz CT molecular complexity index is 578. The van der Waals surface area contributed by atoms with E-state index < -0.39 is 11.9 Å². The summed E-state index contributed by atoms with van der Waals surface area (Å²) in [5.41, 5.74) is -0.314. The summed E-state index contributed by atoms with van der Waals surface area (Å²) >= 11 is 0. The number of carbonyl (C=O) groups is 2. The fourth-order valence-electron chi connectivity index (χ4n) is 1.57. The molecule has 0 N–H and O–H groups in total.